The van der Waals surface area contributed by atoms with Gasteiger partial charge in [-0.05, 0) is 31.0 Å². The van der Waals surface area contributed by atoms with Crippen LogP contribution < -0.4 is 5.32 Å². The van der Waals surface area contributed by atoms with Crippen molar-refractivity contribution in [3.05, 3.63) is 35.4 Å². The number of nitrogens with one attached hydrogen (secondary N) is 1. The summed E-state index contributed by atoms with van der Waals surface area (Å²) in [5, 5.41) is 2.46. The second kappa shape index (κ2) is 7.65. The van der Waals surface area contributed by atoms with Crippen molar-refractivity contribution in [2.75, 3.05) is 26.7 Å². The highest BCUT2D eigenvalue weighted by atomic mass is 19.4. The van der Waals surface area contributed by atoms with E-state index in [4.69, 9.17) is 4.74 Å². The largest absolute Gasteiger partial charge is 0.459 e. The Balaban J connectivity index is 1.89. The van der Waals surface area contributed by atoms with E-state index in [1.165, 1.54) is 24.1 Å². The summed E-state index contributed by atoms with van der Waals surface area (Å²) in [7, 11) is 1.49. The van der Waals surface area contributed by atoms with Crippen molar-refractivity contribution in [1.29, 1.82) is 0 Å². The number of nitrogens with zero attached hydrogens (tertiary/aromatic N) is 1. The Bertz CT molecular complexity index is 596. The van der Waals surface area contributed by atoms with Gasteiger partial charge in [0.25, 0.3) is 5.91 Å². The molecule has 0 aromatic heterocycles. The molecule has 8 heteroatoms. The average molecular weight is 344 g/mol. The number of piperidine rings is 1. The van der Waals surface area contributed by atoms with E-state index in [0.717, 1.165) is 0 Å². The Kier molecular flexibility index (Phi) is 5.82. The average Bonchev–Trinajstić information content (AvgIpc) is 2.54. The Hall–Kier alpha value is -2.09. The van der Waals surface area contributed by atoms with Gasteiger partial charge in [-0.25, -0.2) is 4.79 Å². The quantitative estimate of drug-likeness (QED) is 0.851. The lowest BCUT2D eigenvalue weighted by atomic mass is 10.1. The van der Waals surface area contributed by atoms with Crippen molar-refractivity contribution in [2.24, 2.45) is 0 Å². The standard InChI is InChI=1S/C16H19F3N2O3/c1-20-14(22)11-3-2-4-12(9-11)15(23)24-13-5-7-21(8-6-13)10-16(17,18)19/h2-4,9,13H,5-8,10H2,1H3,(H,20,22). The van der Waals surface area contributed by atoms with Crippen LogP contribution in [-0.4, -0.2) is 55.7 Å². The van der Waals surface area contributed by atoms with Gasteiger partial charge >= 0.3 is 12.1 Å². The summed E-state index contributed by atoms with van der Waals surface area (Å²) in [6.45, 7) is -0.479. The highest BCUT2D eigenvalue weighted by molar-refractivity contribution is 5.97. The number of rotatable bonds is 4. The highest BCUT2D eigenvalue weighted by Crippen LogP contribution is 2.21. The third kappa shape index (κ3) is 5.23. The molecule has 1 aromatic rings. The zero-order chi connectivity index (χ0) is 17.7. The van der Waals surface area contributed by atoms with Crippen LogP contribution in [0.15, 0.2) is 24.3 Å². The maximum absolute atomic E-state index is 12.3. The molecule has 24 heavy (non-hydrogen) atoms. The number of ether oxygens (including phenoxy) is 1. The summed E-state index contributed by atoms with van der Waals surface area (Å²) in [4.78, 5) is 25.0. The van der Waals surface area contributed by atoms with Crippen molar-refractivity contribution in [2.45, 2.75) is 25.1 Å². The molecular weight excluding hydrogens is 325 g/mol. The van der Waals surface area contributed by atoms with E-state index in [9.17, 15) is 22.8 Å². The molecule has 0 atom stereocenters. The first kappa shape index (κ1) is 18.3. The zero-order valence-electron chi connectivity index (χ0n) is 13.2. The van der Waals surface area contributed by atoms with Crippen LogP contribution in [-0.2, 0) is 4.74 Å². The van der Waals surface area contributed by atoms with Crippen LogP contribution in [0.2, 0.25) is 0 Å². The van der Waals surface area contributed by atoms with Crippen LogP contribution in [0.4, 0.5) is 13.2 Å². The number of carbonyl (C=O) groups excluding carboxylic acids is 2. The molecule has 1 aromatic carbocycles. The van der Waals surface area contributed by atoms with Gasteiger partial charge in [0, 0.05) is 25.7 Å². The monoisotopic (exact) mass is 344 g/mol. The van der Waals surface area contributed by atoms with Gasteiger partial charge in [0.05, 0.1) is 12.1 Å². The maximum Gasteiger partial charge on any atom is 0.401 e. The number of halogens is 3. The molecule has 1 fully saturated rings. The molecule has 132 valence electrons. The van der Waals surface area contributed by atoms with Gasteiger partial charge < -0.3 is 10.1 Å². The van der Waals surface area contributed by atoms with Gasteiger partial charge in [-0.1, -0.05) is 6.07 Å². The normalized spacial score (nSPS) is 16.7. The summed E-state index contributed by atoms with van der Waals surface area (Å²) in [6.07, 6.45) is -3.91. The molecule has 0 aliphatic carbocycles. The van der Waals surface area contributed by atoms with E-state index in [1.54, 1.807) is 12.1 Å². The molecule has 2 rings (SSSR count). The van der Waals surface area contributed by atoms with Crippen LogP contribution in [0.25, 0.3) is 0 Å². The predicted octanol–water partition coefficient (Wildman–Crippen LogP) is 2.23. The van der Waals surface area contributed by atoms with Crippen LogP contribution in [0.5, 0.6) is 0 Å². The summed E-state index contributed by atoms with van der Waals surface area (Å²) in [5.41, 5.74) is 0.584. The topological polar surface area (TPSA) is 58.6 Å². The Morgan fingerprint density at radius 2 is 1.88 bits per heavy atom. The molecule has 0 saturated carbocycles. The molecular formula is C16H19F3N2O3. The minimum atomic E-state index is -4.22. The Morgan fingerprint density at radius 3 is 2.46 bits per heavy atom. The van der Waals surface area contributed by atoms with E-state index >= 15 is 0 Å². The fourth-order valence-electron chi connectivity index (χ4n) is 2.59. The summed E-state index contributed by atoms with van der Waals surface area (Å²) in [6, 6.07) is 6.12. The number of carbonyl (C=O) groups is 2. The van der Waals surface area contributed by atoms with Gasteiger partial charge in [-0.2, -0.15) is 13.2 Å². The second-order valence-electron chi connectivity index (χ2n) is 5.66. The Morgan fingerprint density at radius 1 is 1.25 bits per heavy atom. The van der Waals surface area contributed by atoms with Crippen molar-refractivity contribution < 1.29 is 27.5 Å². The molecule has 5 nitrogen and oxygen atoms in total. The number of hydrogen-bond donors (Lipinski definition) is 1. The molecule has 0 spiro atoms. The SMILES string of the molecule is CNC(=O)c1cccc(C(=O)OC2CCN(CC(F)(F)F)CC2)c1. The third-order valence-electron chi connectivity index (χ3n) is 3.80. The molecule has 0 bridgehead atoms. The van der Waals surface area contributed by atoms with Crippen LogP contribution in [0.1, 0.15) is 33.6 Å². The fourth-order valence-corrected chi connectivity index (χ4v) is 2.59. The maximum atomic E-state index is 12.3. The molecule has 0 radical (unpaired) electrons. The molecule has 1 aliphatic rings. The predicted molar refractivity (Wildman–Crippen MR) is 80.8 cm³/mol. The van der Waals surface area contributed by atoms with Crippen LogP contribution in [0, 0.1) is 0 Å². The summed E-state index contributed by atoms with van der Waals surface area (Å²) >= 11 is 0. The van der Waals surface area contributed by atoms with Crippen LogP contribution in [0.3, 0.4) is 0 Å². The molecule has 1 aliphatic heterocycles. The van der Waals surface area contributed by atoms with Crippen molar-refractivity contribution >= 4 is 11.9 Å². The lowest BCUT2D eigenvalue weighted by Gasteiger charge is -2.31. The van der Waals surface area contributed by atoms with E-state index < -0.39 is 24.8 Å². The first-order chi connectivity index (χ1) is 11.3. The lowest BCUT2D eigenvalue weighted by molar-refractivity contribution is -0.150. The van der Waals surface area contributed by atoms with Crippen molar-refractivity contribution in [3.63, 3.8) is 0 Å². The number of alkyl halides is 3. The molecule has 1 N–H and O–H groups in total. The van der Waals surface area contributed by atoms with E-state index in [1.807, 2.05) is 0 Å². The van der Waals surface area contributed by atoms with Crippen LogP contribution >= 0.6 is 0 Å². The second-order valence-corrected chi connectivity index (χ2v) is 5.66. The van der Waals surface area contributed by atoms with Crippen molar-refractivity contribution in [3.8, 4) is 0 Å². The number of esters is 1. The van der Waals surface area contributed by atoms with Gasteiger partial charge in [0.1, 0.15) is 6.10 Å². The molecule has 1 amide bonds. The third-order valence-corrected chi connectivity index (χ3v) is 3.80. The number of likely N-dealkylation sites (tertiary alicyclic amines) is 1. The van der Waals surface area contributed by atoms with Gasteiger partial charge in [0.15, 0.2) is 0 Å². The lowest BCUT2D eigenvalue weighted by Crippen LogP contribution is -2.42. The zero-order valence-corrected chi connectivity index (χ0v) is 13.2. The first-order valence-electron chi connectivity index (χ1n) is 7.61. The highest BCUT2D eigenvalue weighted by Gasteiger charge is 2.33. The van der Waals surface area contributed by atoms with Gasteiger partial charge in [-0.15, -0.1) is 0 Å². The number of benzene rings is 1. The minimum absolute atomic E-state index is 0.232. The summed E-state index contributed by atoms with van der Waals surface area (Å²) < 4.78 is 42.4. The Labute approximate surface area is 137 Å². The van der Waals surface area contributed by atoms with E-state index in [-0.39, 0.29) is 24.6 Å². The molecule has 0 unspecified atom stereocenters. The first-order valence-corrected chi connectivity index (χ1v) is 7.61. The van der Waals surface area contributed by atoms with Crippen molar-refractivity contribution in [1.82, 2.24) is 10.2 Å². The molecule has 1 heterocycles. The van der Waals surface area contributed by atoms with E-state index in [2.05, 4.69) is 5.32 Å². The molecule has 1 saturated heterocycles. The number of amides is 1. The van der Waals surface area contributed by atoms with Gasteiger partial charge in [0.2, 0.25) is 0 Å². The summed E-state index contributed by atoms with van der Waals surface area (Å²) in [5.74, 6) is -0.889. The fraction of sp³-hybridized carbons (Fsp3) is 0.500. The minimum Gasteiger partial charge on any atom is -0.459 e. The number of hydrogen-bond acceptors (Lipinski definition) is 4. The van der Waals surface area contributed by atoms with E-state index in [0.29, 0.717) is 18.4 Å². The van der Waals surface area contributed by atoms with Gasteiger partial charge in [-0.3, -0.25) is 9.69 Å². The smallest absolute Gasteiger partial charge is 0.401 e.